The molecule has 0 bridgehead atoms. The van der Waals surface area contributed by atoms with Crippen molar-refractivity contribution in [1.82, 2.24) is 9.88 Å². The zero-order valence-corrected chi connectivity index (χ0v) is 14.7. The number of likely N-dealkylation sites (tertiary alicyclic amines) is 1. The quantitative estimate of drug-likeness (QED) is 0.847. The van der Waals surface area contributed by atoms with Crippen molar-refractivity contribution < 1.29 is 14.7 Å². The van der Waals surface area contributed by atoms with E-state index in [0.717, 1.165) is 33.8 Å². The lowest BCUT2D eigenvalue weighted by Gasteiger charge is -2.24. The number of nitrogens with zero attached hydrogens (tertiary/aromatic N) is 2. The summed E-state index contributed by atoms with van der Waals surface area (Å²) in [6, 6.07) is 7.25. The Morgan fingerprint density at radius 3 is 2.96 bits per heavy atom. The molecule has 1 saturated carbocycles. The molecule has 0 radical (unpaired) electrons. The normalized spacial score (nSPS) is 26.0. The van der Waals surface area contributed by atoms with Gasteiger partial charge in [0.1, 0.15) is 6.04 Å². The van der Waals surface area contributed by atoms with Gasteiger partial charge in [0, 0.05) is 6.54 Å². The molecule has 3 atom stereocenters. The highest BCUT2D eigenvalue weighted by Crippen LogP contribution is 2.42. The Morgan fingerprint density at radius 2 is 2.17 bits per heavy atom. The molecule has 2 fully saturated rings. The lowest BCUT2D eigenvalue weighted by molar-refractivity contribution is -0.148. The maximum absolute atomic E-state index is 12.6. The van der Waals surface area contributed by atoms with Gasteiger partial charge in [-0.05, 0) is 36.8 Å². The van der Waals surface area contributed by atoms with Gasteiger partial charge in [0.15, 0.2) is 4.34 Å². The molecule has 1 aliphatic heterocycles. The van der Waals surface area contributed by atoms with Gasteiger partial charge in [-0.2, -0.15) is 0 Å². The first-order chi connectivity index (χ1) is 11.6. The number of carbonyl (C=O) groups excluding carboxylic acids is 1. The SMILES string of the molecule is O=C(O)C1C2CCCC2CN1C(=O)CSc1nc2ccccc2s1. The van der Waals surface area contributed by atoms with E-state index >= 15 is 0 Å². The minimum absolute atomic E-state index is 0.0824. The summed E-state index contributed by atoms with van der Waals surface area (Å²) >= 11 is 2.98. The summed E-state index contributed by atoms with van der Waals surface area (Å²) < 4.78 is 1.96. The van der Waals surface area contributed by atoms with E-state index in [9.17, 15) is 14.7 Å². The standard InChI is InChI=1S/C17H18N2O3S2/c20-14(9-23-17-18-12-6-1-2-7-13(12)24-17)19-8-10-4-3-5-11(10)15(19)16(21)22/h1-2,6-7,10-11,15H,3-5,8-9H2,(H,21,22). The van der Waals surface area contributed by atoms with E-state index < -0.39 is 12.0 Å². The Bertz CT molecular complexity index is 758. The third-order valence-corrected chi connectivity index (χ3v) is 7.22. The van der Waals surface area contributed by atoms with Gasteiger partial charge in [0.2, 0.25) is 5.91 Å². The van der Waals surface area contributed by atoms with Gasteiger partial charge in [0.05, 0.1) is 16.0 Å². The lowest BCUT2D eigenvalue weighted by atomic mass is 9.94. The number of thioether (sulfide) groups is 1. The van der Waals surface area contributed by atoms with Crippen LogP contribution in [-0.2, 0) is 9.59 Å². The van der Waals surface area contributed by atoms with Crippen molar-refractivity contribution in [1.29, 1.82) is 0 Å². The van der Waals surface area contributed by atoms with Crippen molar-refractivity contribution in [2.75, 3.05) is 12.3 Å². The summed E-state index contributed by atoms with van der Waals surface area (Å²) in [4.78, 5) is 30.3. The molecular weight excluding hydrogens is 344 g/mol. The second-order valence-electron chi connectivity index (χ2n) is 6.42. The number of fused-ring (bicyclic) bond motifs is 2. The van der Waals surface area contributed by atoms with Crippen molar-refractivity contribution in [2.45, 2.75) is 29.6 Å². The maximum atomic E-state index is 12.6. The number of hydrogen-bond acceptors (Lipinski definition) is 5. The van der Waals surface area contributed by atoms with Crippen LogP contribution in [0, 0.1) is 11.8 Å². The van der Waals surface area contributed by atoms with Crippen LogP contribution in [0.15, 0.2) is 28.6 Å². The molecular formula is C17H18N2O3S2. The average Bonchev–Trinajstić information content (AvgIpc) is 3.24. The second kappa shape index (κ2) is 6.37. The molecule has 126 valence electrons. The first-order valence-electron chi connectivity index (χ1n) is 8.14. The number of carboxylic acids is 1. The number of para-hydroxylation sites is 1. The number of benzene rings is 1. The number of amides is 1. The van der Waals surface area contributed by atoms with Gasteiger partial charge in [-0.1, -0.05) is 30.3 Å². The predicted molar refractivity (Wildman–Crippen MR) is 94.3 cm³/mol. The minimum Gasteiger partial charge on any atom is -0.480 e. The predicted octanol–water partition coefficient (Wildman–Crippen LogP) is 3.10. The van der Waals surface area contributed by atoms with E-state index in [0.29, 0.717) is 12.5 Å². The number of carbonyl (C=O) groups is 2. The van der Waals surface area contributed by atoms with Gasteiger partial charge in [-0.3, -0.25) is 4.79 Å². The molecule has 1 saturated heterocycles. The van der Waals surface area contributed by atoms with E-state index in [2.05, 4.69) is 4.98 Å². The Morgan fingerprint density at radius 1 is 1.33 bits per heavy atom. The molecule has 1 amide bonds. The van der Waals surface area contributed by atoms with E-state index in [1.54, 1.807) is 16.2 Å². The zero-order chi connectivity index (χ0) is 16.7. The molecule has 5 nitrogen and oxygen atoms in total. The van der Waals surface area contributed by atoms with E-state index in [1.165, 1.54) is 11.8 Å². The van der Waals surface area contributed by atoms with Crippen LogP contribution in [0.5, 0.6) is 0 Å². The molecule has 1 aromatic heterocycles. The van der Waals surface area contributed by atoms with Crippen LogP contribution >= 0.6 is 23.1 Å². The highest BCUT2D eigenvalue weighted by atomic mass is 32.2. The van der Waals surface area contributed by atoms with Gasteiger partial charge in [-0.25, -0.2) is 9.78 Å². The Labute approximate surface area is 148 Å². The van der Waals surface area contributed by atoms with Gasteiger partial charge in [0.25, 0.3) is 0 Å². The number of thiazole rings is 1. The molecule has 24 heavy (non-hydrogen) atoms. The third-order valence-electron chi connectivity index (χ3n) is 5.06. The van der Waals surface area contributed by atoms with Crippen LogP contribution in [-0.4, -0.2) is 45.2 Å². The molecule has 0 spiro atoms. The zero-order valence-electron chi connectivity index (χ0n) is 13.1. The summed E-state index contributed by atoms with van der Waals surface area (Å²) in [7, 11) is 0. The van der Waals surface area contributed by atoms with Crippen LogP contribution in [0.25, 0.3) is 10.2 Å². The third kappa shape index (κ3) is 2.80. The molecule has 2 aromatic rings. The van der Waals surface area contributed by atoms with Crippen LogP contribution in [0.2, 0.25) is 0 Å². The number of rotatable bonds is 4. The summed E-state index contributed by atoms with van der Waals surface area (Å²) in [6.45, 7) is 0.598. The molecule has 7 heteroatoms. The first-order valence-corrected chi connectivity index (χ1v) is 9.94. The molecule has 1 aliphatic carbocycles. The highest BCUT2D eigenvalue weighted by Gasteiger charge is 2.49. The van der Waals surface area contributed by atoms with E-state index in [1.807, 2.05) is 24.3 Å². The smallest absolute Gasteiger partial charge is 0.326 e. The number of carboxylic acid groups (broad SMARTS) is 1. The van der Waals surface area contributed by atoms with Gasteiger partial charge < -0.3 is 10.0 Å². The van der Waals surface area contributed by atoms with Crippen LogP contribution in [0.1, 0.15) is 19.3 Å². The van der Waals surface area contributed by atoms with Crippen LogP contribution in [0.4, 0.5) is 0 Å². The van der Waals surface area contributed by atoms with E-state index in [4.69, 9.17) is 0 Å². The summed E-state index contributed by atoms with van der Waals surface area (Å²) in [5.41, 5.74) is 0.941. The largest absolute Gasteiger partial charge is 0.480 e. The second-order valence-corrected chi connectivity index (χ2v) is 8.67. The molecule has 2 heterocycles. The average molecular weight is 362 g/mol. The minimum atomic E-state index is -0.859. The summed E-state index contributed by atoms with van der Waals surface area (Å²) in [6.07, 6.45) is 3.06. The molecule has 4 rings (SSSR count). The molecule has 3 unspecified atom stereocenters. The Kier molecular flexibility index (Phi) is 4.22. The van der Waals surface area contributed by atoms with Crippen LogP contribution in [0.3, 0.4) is 0 Å². The fourth-order valence-electron chi connectivity index (χ4n) is 4.00. The fraction of sp³-hybridized carbons (Fsp3) is 0.471. The monoisotopic (exact) mass is 362 g/mol. The van der Waals surface area contributed by atoms with Crippen LogP contribution < -0.4 is 0 Å². The topological polar surface area (TPSA) is 70.5 Å². The van der Waals surface area contributed by atoms with Crippen molar-refractivity contribution >= 4 is 45.2 Å². The van der Waals surface area contributed by atoms with E-state index in [-0.39, 0.29) is 17.6 Å². The van der Waals surface area contributed by atoms with Gasteiger partial charge in [-0.15, -0.1) is 11.3 Å². The Balaban J connectivity index is 1.44. The summed E-state index contributed by atoms with van der Waals surface area (Å²) in [5, 5.41) is 9.55. The molecule has 2 aliphatic rings. The van der Waals surface area contributed by atoms with Crippen molar-refractivity contribution in [3.63, 3.8) is 0 Å². The highest BCUT2D eigenvalue weighted by molar-refractivity contribution is 8.01. The molecule has 1 N–H and O–H groups in total. The van der Waals surface area contributed by atoms with Gasteiger partial charge >= 0.3 is 5.97 Å². The lowest BCUT2D eigenvalue weighted by Crippen LogP contribution is -2.44. The number of hydrogen-bond donors (Lipinski definition) is 1. The Hall–Kier alpha value is -1.60. The maximum Gasteiger partial charge on any atom is 0.326 e. The number of aliphatic carboxylic acids is 1. The summed E-state index contributed by atoms with van der Waals surface area (Å²) in [5.74, 6) is -0.187. The van der Waals surface area contributed by atoms with Crippen molar-refractivity contribution in [2.24, 2.45) is 11.8 Å². The first kappa shape index (κ1) is 15.9. The number of aromatic nitrogens is 1. The fourth-order valence-corrected chi connectivity index (χ4v) is 5.95. The molecule has 1 aromatic carbocycles. The van der Waals surface area contributed by atoms with Crippen molar-refractivity contribution in [3.05, 3.63) is 24.3 Å². The van der Waals surface area contributed by atoms with Crippen molar-refractivity contribution in [3.8, 4) is 0 Å².